The first kappa shape index (κ1) is 14.7. The van der Waals surface area contributed by atoms with Gasteiger partial charge in [0, 0.05) is 32.8 Å². The maximum atomic E-state index is 12.5. The lowest BCUT2D eigenvalue weighted by atomic mass is 9.82. The van der Waals surface area contributed by atoms with Gasteiger partial charge in [-0.1, -0.05) is 0 Å². The Bertz CT molecular complexity index is 439. The van der Waals surface area contributed by atoms with E-state index in [0.717, 1.165) is 25.7 Å². The average molecular weight is 304 g/mol. The molecule has 1 atom stereocenters. The Balaban J connectivity index is 1.66. The molecule has 116 valence electrons. The van der Waals surface area contributed by atoms with Gasteiger partial charge in [0.15, 0.2) is 0 Å². The number of hydrogen-bond donors (Lipinski definition) is 1. The number of nitrogens with zero attached hydrogens (tertiary/aromatic N) is 2. The summed E-state index contributed by atoms with van der Waals surface area (Å²) in [6, 6.07) is 0. The molecule has 3 aliphatic heterocycles. The largest absolute Gasteiger partial charge is 0.390 e. The lowest BCUT2D eigenvalue weighted by Gasteiger charge is -2.46. The second-order valence-corrected chi connectivity index (χ2v) is 8.01. The molecule has 0 radical (unpaired) electrons. The predicted molar refractivity (Wildman–Crippen MR) is 74.5 cm³/mol. The van der Waals surface area contributed by atoms with Crippen LogP contribution >= 0.6 is 0 Å². The van der Waals surface area contributed by atoms with E-state index in [1.165, 1.54) is 0 Å². The number of aliphatic hydroxyl groups is 1. The molecule has 0 amide bonds. The Morgan fingerprint density at radius 3 is 2.20 bits per heavy atom. The van der Waals surface area contributed by atoms with Crippen molar-refractivity contribution in [3.8, 4) is 0 Å². The Labute approximate surface area is 120 Å². The quantitative estimate of drug-likeness (QED) is 0.798. The third kappa shape index (κ3) is 2.50. The van der Waals surface area contributed by atoms with Gasteiger partial charge >= 0.3 is 0 Å². The van der Waals surface area contributed by atoms with Crippen LogP contribution in [0.2, 0.25) is 0 Å². The summed E-state index contributed by atoms with van der Waals surface area (Å²) in [4.78, 5) is 0. The molecule has 0 saturated carbocycles. The van der Waals surface area contributed by atoms with Crippen molar-refractivity contribution >= 4 is 10.2 Å². The average Bonchev–Trinajstić information content (AvgIpc) is 2.98. The normalized spacial score (nSPS) is 32.8. The molecule has 0 unspecified atom stereocenters. The molecule has 3 saturated heterocycles. The van der Waals surface area contributed by atoms with Crippen LogP contribution in [-0.2, 0) is 14.9 Å². The molecule has 20 heavy (non-hydrogen) atoms. The van der Waals surface area contributed by atoms with Gasteiger partial charge in [-0.2, -0.15) is 17.0 Å². The van der Waals surface area contributed by atoms with Crippen molar-refractivity contribution in [3.05, 3.63) is 0 Å². The second kappa shape index (κ2) is 5.53. The van der Waals surface area contributed by atoms with E-state index in [1.807, 2.05) is 0 Å². The van der Waals surface area contributed by atoms with Gasteiger partial charge in [0.2, 0.25) is 0 Å². The topological polar surface area (TPSA) is 70.1 Å². The van der Waals surface area contributed by atoms with Crippen LogP contribution < -0.4 is 0 Å². The minimum absolute atomic E-state index is 0.451. The standard InChI is InChI=1S/C13H24N2O4S/c16-12-4-3-11-19-13(12)5-9-15(10-6-13)20(17,18)14-7-1-2-8-14/h12,16H,1-11H2/t12-/m1/s1. The summed E-state index contributed by atoms with van der Waals surface area (Å²) in [5.41, 5.74) is -0.505. The van der Waals surface area contributed by atoms with Crippen molar-refractivity contribution in [2.75, 3.05) is 32.8 Å². The lowest BCUT2D eigenvalue weighted by molar-refractivity contribution is -0.172. The van der Waals surface area contributed by atoms with Gasteiger partial charge in [0.1, 0.15) is 0 Å². The summed E-state index contributed by atoms with van der Waals surface area (Å²) >= 11 is 0. The Hall–Kier alpha value is -0.210. The fourth-order valence-corrected chi connectivity index (χ4v) is 5.26. The van der Waals surface area contributed by atoms with Gasteiger partial charge in [0.05, 0.1) is 11.7 Å². The van der Waals surface area contributed by atoms with E-state index in [9.17, 15) is 13.5 Å². The van der Waals surface area contributed by atoms with Crippen LogP contribution in [0.4, 0.5) is 0 Å². The smallest absolute Gasteiger partial charge is 0.281 e. The van der Waals surface area contributed by atoms with E-state index in [-0.39, 0.29) is 0 Å². The maximum absolute atomic E-state index is 12.5. The van der Waals surface area contributed by atoms with E-state index in [0.29, 0.717) is 45.6 Å². The molecule has 3 aliphatic rings. The Morgan fingerprint density at radius 2 is 1.60 bits per heavy atom. The van der Waals surface area contributed by atoms with Gasteiger partial charge in [-0.15, -0.1) is 0 Å². The molecule has 0 aromatic rings. The highest BCUT2D eigenvalue weighted by atomic mass is 32.2. The number of hydrogen-bond acceptors (Lipinski definition) is 4. The van der Waals surface area contributed by atoms with Crippen LogP contribution in [0.3, 0.4) is 0 Å². The summed E-state index contributed by atoms with van der Waals surface area (Å²) in [6.07, 6.45) is 4.31. The van der Waals surface area contributed by atoms with E-state index in [2.05, 4.69) is 0 Å². The first-order valence-corrected chi connectivity index (χ1v) is 9.02. The van der Waals surface area contributed by atoms with Crippen molar-refractivity contribution in [3.63, 3.8) is 0 Å². The molecule has 3 rings (SSSR count). The van der Waals surface area contributed by atoms with Crippen molar-refractivity contribution in [2.24, 2.45) is 0 Å². The number of rotatable bonds is 2. The van der Waals surface area contributed by atoms with Crippen LogP contribution in [-0.4, -0.2) is 66.6 Å². The first-order valence-electron chi connectivity index (χ1n) is 7.62. The highest BCUT2D eigenvalue weighted by Crippen LogP contribution is 2.36. The van der Waals surface area contributed by atoms with Crippen LogP contribution in [0.15, 0.2) is 0 Å². The van der Waals surface area contributed by atoms with Crippen molar-refractivity contribution < 1.29 is 18.3 Å². The van der Waals surface area contributed by atoms with Gasteiger partial charge < -0.3 is 9.84 Å². The zero-order chi connectivity index (χ0) is 14.2. The predicted octanol–water partition coefficient (Wildman–Crippen LogP) is 0.333. The van der Waals surface area contributed by atoms with Crippen LogP contribution in [0, 0.1) is 0 Å². The van der Waals surface area contributed by atoms with Crippen molar-refractivity contribution in [2.45, 2.75) is 50.2 Å². The number of piperidine rings is 1. The van der Waals surface area contributed by atoms with Gasteiger partial charge in [-0.3, -0.25) is 0 Å². The fourth-order valence-electron chi connectivity index (χ4n) is 3.57. The molecule has 0 bridgehead atoms. The minimum atomic E-state index is -3.31. The molecular formula is C13H24N2O4S. The van der Waals surface area contributed by atoms with E-state index >= 15 is 0 Å². The molecule has 0 aliphatic carbocycles. The Morgan fingerprint density at radius 1 is 1.00 bits per heavy atom. The molecule has 6 nitrogen and oxygen atoms in total. The van der Waals surface area contributed by atoms with Crippen LogP contribution in [0.5, 0.6) is 0 Å². The lowest BCUT2D eigenvalue weighted by Crippen LogP contribution is -2.57. The van der Waals surface area contributed by atoms with Gasteiger partial charge in [-0.25, -0.2) is 0 Å². The molecule has 0 aromatic heterocycles. The van der Waals surface area contributed by atoms with Gasteiger partial charge in [0.25, 0.3) is 10.2 Å². The summed E-state index contributed by atoms with van der Waals surface area (Å²) in [5.74, 6) is 0. The molecule has 3 heterocycles. The zero-order valence-corrected chi connectivity index (χ0v) is 12.6. The molecule has 7 heteroatoms. The molecule has 1 spiro atoms. The summed E-state index contributed by atoms with van der Waals surface area (Å²) in [5, 5.41) is 10.2. The molecular weight excluding hydrogens is 280 g/mol. The third-order valence-corrected chi connectivity index (χ3v) is 6.94. The highest BCUT2D eigenvalue weighted by molar-refractivity contribution is 7.86. The second-order valence-electron chi connectivity index (χ2n) is 6.08. The number of ether oxygens (including phenoxy) is 1. The van der Waals surface area contributed by atoms with Crippen LogP contribution in [0.25, 0.3) is 0 Å². The van der Waals surface area contributed by atoms with E-state index < -0.39 is 21.9 Å². The Kier molecular flexibility index (Phi) is 4.07. The summed E-state index contributed by atoms with van der Waals surface area (Å²) in [6.45, 7) is 2.87. The SMILES string of the molecule is O=S(=O)(N1CCCC1)N1CCC2(CC1)OCCC[C@H]2O. The first-order chi connectivity index (χ1) is 9.55. The highest BCUT2D eigenvalue weighted by Gasteiger charge is 2.46. The monoisotopic (exact) mass is 304 g/mol. The van der Waals surface area contributed by atoms with Crippen LogP contribution in [0.1, 0.15) is 38.5 Å². The van der Waals surface area contributed by atoms with E-state index in [1.54, 1.807) is 8.61 Å². The fraction of sp³-hybridized carbons (Fsp3) is 1.00. The molecule has 3 fully saturated rings. The summed E-state index contributed by atoms with van der Waals surface area (Å²) in [7, 11) is -3.31. The molecule has 0 aromatic carbocycles. The van der Waals surface area contributed by atoms with Gasteiger partial charge in [-0.05, 0) is 38.5 Å². The zero-order valence-electron chi connectivity index (χ0n) is 11.8. The van der Waals surface area contributed by atoms with Crippen molar-refractivity contribution in [1.82, 2.24) is 8.61 Å². The minimum Gasteiger partial charge on any atom is -0.390 e. The summed E-state index contributed by atoms with van der Waals surface area (Å²) < 4.78 is 33.9. The maximum Gasteiger partial charge on any atom is 0.281 e. The van der Waals surface area contributed by atoms with E-state index in [4.69, 9.17) is 4.74 Å². The van der Waals surface area contributed by atoms with Crippen molar-refractivity contribution in [1.29, 1.82) is 0 Å². The molecule has 1 N–H and O–H groups in total. The number of aliphatic hydroxyl groups excluding tert-OH is 1. The third-order valence-electron chi connectivity index (χ3n) is 4.91.